The van der Waals surface area contributed by atoms with Crippen LogP contribution in [0.25, 0.3) is 5.52 Å². The maximum atomic E-state index is 13.6. The van der Waals surface area contributed by atoms with Crippen molar-refractivity contribution in [3.05, 3.63) is 84.6 Å². The summed E-state index contributed by atoms with van der Waals surface area (Å²) in [7, 11) is 1.62. The normalized spacial score (nSPS) is 16.3. The van der Waals surface area contributed by atoms with Crippen LogP contribution in [0.15, 0.2) is 73.3 Å². The van der Waals surface area contributed by atoms with Gasteiger partial charge in [-0.2, -0.15) is 0 Å². The van der Waals surface area contributed by atoms with Crippen LogP contribution in [0.2, 0.25) is 0 Å². The minimum Gasteiger partial charge on any atom is -0.497 e. The molecule has 4 heterocycles. The first kappa shape index (κ1) is 21.9. The Bertz CT molecular complexity index is 1290. The highest BCUT2D eigenvalue weighted by molar-refractivity contribution is 5.99. The predicted octanol–water partition coefficient (Wildman–Crippen LogP) is 3.81. The first-order valence-electron chi connectivity index (χ1n) is 11.3. The quantitative estimate of drug-likeness (QED) is 0.474. The molecule has 8 nitrogen and oxygen atoms in total. The second-order valence-corrected chi connectivity index (χ2v) is 8.33. The van der Waals surface area contributed by atoms with Gasteiger partial charge in [0.25, 0.3) is 5.91 Å². The minimum atomic E-state index is -0.0668. The van der Waals surface area contributed by atoms with Gasteiger partial charge in [0, 0.05) is 55.5 Å². The van der Waals surface area contributed by atoms with E-state index in [0.717, 1.165) is 29.1 Å². The molecule has 3 aromatic heterocycles. The lowest BCUT2D eigenvalue weighted by Gasteiger charge is -2.24. The van der Waals surface area contributed by atoms with E-state index >= 15 is 0 Å². The number of hydrogen-bond acceptors (Lipinski definition) is 6. The van der Waals surface area contributed by atoms with Crippen molar-refractivity contribution in [3.63, 3.8) is 0 Å². The molecule has 0 bridgehead atoms. The number of carbonyl (C=O) groups is 1. The second kappa shape index (κ2) is 9.93. The van der Waals surface area contributed by atoms with E-state index < -0.39 is 0 Å². The molecule has 1 aliphatic heterocycles. The lowest BCUT2D eigenvalue weighted by molar-refractivity contribution is 0.0738. The number of methoxy groups -OCH3 is 1. The molecule has 174 valence electrons. The van der Waals surface area contributed by atoms with Gasteiger partial charge in [-0.1, -0.05) is 6.07 Å². The Kier molecular flexibility index (Phi) is 6.40. The van der Waals surface area contributed by atoms with Gasteiger partial charge in [-0.3, -0.25) is 9.78 Å². The first-order valence-corrected chi connectivity index (χ1v) is 11.3. The number of nitrogens with one attached hydrogen (secondary N) is 1. The van der Waals surface area contributed by atoms with Crippen LogP contribution >= 0.6 is 0 Å². The summed E-state index contributed by atoms with van der Waals surface area (Å²) in [6.07, 6.45) is 8.18. The Morgan fingerprint density at radius 2 is 2.09 bits per heavy atom. The number of fused-ring (bicyclic) bond motifs is 1. The van der Waals surface area contributed by atoms with Gasteiger partial charge in [0.15, 0.2) is 0 Å². The molecule has 1 N–H and O–H groups in total. The molecular formula is C26H27N5O3. The molecule has 1 atom stereocenters. The van der Waals surface area contributed by atoms with Crippen LogP contribution in [-0.4, -0.2) is 58.6 Å². The summed E-state index contributed by atoms with van der Waals surface area (Å²) in [5.74, 6) is 1.32. The van der Waals surface area contributed by atoms with Gasteiger partial charge in [0.05, 0.1) is 37.1 Å². The number of carbonyl (C=O) groups excluding carboxylic acids is 1. The summed E-state index contributed by atoms with van der Waals surface area (Å²) in [6, 6.07) is 15.2. The molecule has 4 aromatic rings. The molecule has 0 saturated carbocycles. The number of rotatable bonds is 6. The number of hydrogen-bond donors (Lipinski definition) is 1. The van der Waals surface area contributed by atoms with E-state index in [0.29, 0.717) is 37.7 Å². The smallest absolute Gasteiger partial charge is 0.257 e. The SMILES string of the molecule is COc1cccc(Nc2ncccc2C(=O)N2CCOC[C@@H](Cc3nccn4cccc34)C2)c1. The average molecular weight is 458 g/mol. The third-order valence-corrected chi connectivity index (χ3v) is 6.01. The van der Waals surface area contributed by atoms with Crippen molar-refractivity contribution in [1.29, 1.82) is 0 Å². The highest BCUT2D eigenvalue weighted by atomic mass is 16.5. The van der Waals surface area contributed by atoms with E-state index in [4.69, 9.17) is 9.47 Å². The molecule has 1 saturated heterocycles. The fourth-order valence-corrected chi connectivity index (χ4v) is 4.33. The van der Waals surface area contributed by atoms with Crippen molar-refractivity contribution in [2.24, 2.45) is 5.92 Å². The van der Waals surface area contributed by atoms with Crippen molar-refractivity contribution >= 4 is 22.9 Å². The van der Waals surface area contributed by atoms with Crippen molar-refractivity contribution < 1.29 is 14.3 Å². The minimum absolute atomic E-state index is 0.0668. The molecular weight excluding hydrogens is 430 g/mol. The maximum absolute atomic E-state index is 13.6. The summed E-state index contributed by atoms with van der Waals surface area (Å²) in [4.78, 5) is 24.5. The molecule has 1 aliphatic rings. The van der Waals surface area contributed by atoms with E-state index in [1.54, 1.807) is 19.4 Å². The lowest BCUT2D eigenvalue weighted by atomic mass is 10.0. The number of amides is 1. The zero-order chi connectivity index (χ0) is 23.3. The summed E-state index contributed by atoms with van der Waals surface area (Å²) >= 11 is 0. The van der Waals surface area contributed by atoms with Crippen LogP contribution in [0.3, 0.4) is 0 Å². The summed E-state index contributed by atoms with van der Waals surface area (Å²) in [6.45, 7) is 2.22. The van der Waals surface area contributed by atoms with Crippen LogP contribution in [0, 0.1) is 5.92 Å². The first-order chi connectivity index (χ1) is 16.7. The molecule has 1 amide bonds. The third kappa shape index (κ3) is 4.72. The zero-order valence-corrected chi connectivity index (χ0v) is 19.1. The van der Waals surface area contributed by atoms with Gasteiger partial charge >= 0.3 is 0 Å². The monoisotopic (exact) mass is 457 g/mol. The van der Waals surface area contributed by atoms with E-state index in [1.165, 1.54) is 0 Å². The van der Waals surface area contributed by atoms with Crippen LogP contribution in [0.1, 0.15) is 16.1 Å². The van der Waals surface area contributed by atoms with Crippen molar-refractivity contribution in [1.82, 2.24) is 19.3 Å². The van der Waals surface area contributed by atoms with Crippen LogP contribution in [-0.2, 0) is 11.2 Å². The number of nitrogens with zero attached hydrogens (tertiary/aromatic N) is 4. The summed E-state index contributed by atoms with van der Waals surface area (Å²) < 4.78 is 13.2. The van der Waals surface area contributed by atoms with Gasteiger partial charge in [0.1, 0.15) is 11.6 Å². The Morgan fingerprint density at radius 3 is 3.00 bits per heavy atom. The summed E-state index contributed by atoms with van der Waals surface area (Å²) in [5.41, 5.74) is 3.42. The topological polar surface area (TPSA) is 81.0 Å². The molecule has 0 spiro atoms. The van der Waals surface area contributed by atoms with Crippen molar-refractivity contribution in [2.75, 3.05) is 38.7 Å². The van der Waals surface area contributed by atoms with Gasteiger partial charge in [-0.25, -0.2) is 4.98 Å². The predicted molar refractivity (Wildman–Crippen MR) is 130 cm³/mol. The van der Waals surface area contributed by atoms with Gasteiger partial charge in [0.2, 0.25) is 0 Å². The van der Waals surface area contributed by atoms with E-state index in [1.807, 2.05) is 59.9 Å². The standard InChI is InChI=1S/C26H27N5O3/c1-33-21-6-2-5-20(16-21)29-25-22(7-3-9-28-25)26(32)31-13-14-34-18-19(17-31)15-23-24-8-4-11-30(24)12-10-27-23/h2-12,16,19H,13-15,17-18H2,1H3,(H,28,29)/t19-/m0/s1. The highest BCUT2D eigenvalue weighted by Gasteiger charge is 2.26. The van der Waals surface area contributed by atoms with Crippen molar-refractivity contribution in [3.8, 4) is 5.75 Å². The van der Waals surface area contributed by atoms with E-state index in [-0.39, 0.29) is 11.8 Å². The number of benzene rings is 1. The van der Waals surface area contributed by atoms with Crippen LogP contribution in [0.4, 0.5) is 11.5 Å². The molecule has 8 heteroatoms. The second-order valence-electron chi connectivity index (χ2n) is 8.33. The molecule has 0 aliphatic carbocycles. The molecule has 1 fully saturated rings. The molecule has 0 unspecified atom stereocenters. The Morgan fingerprint density at radius 1 is 1.15 bits per heavy atom. The number of pyridine rings is 1. The fraction of sp³-hybridized carbons (Fsp3) is 0.269. The van der Waals surface area contributed by atoms with Crippen LogP contribution < -0.4 is 10.1 Å². The molecule has 34 heavy (non-hydrogen) atoms. The number of anilines is 2. The zero-order valence-electron chi connectivity index (χ0n) is 19.1. The lowest BCUT2D eigenvalue weighted by Crippen LogP contribution is -2.37. The Labute approximate surface area is 198 Å². The molecule has 0 radical (unpaired) electrons. The van der Waals surface area contributed by atoms with E-state index in [9.17, 15) is 4.79 Å². The third-order valence-electron chi connectivity index (χ3n) is 6.01. The molecule has 1 aromatic carbocycles. The maximum Gasteiger partial charge on any atom is 0.257 e. The summed E-state index contributed by atoms with van der Waals surface area (Å²) in [5, 5.41) is 3.27. The largest absolute Gasteiger partial charge is 0.497 e. The van der Waals surface area contributed by atoms with E-state index in [2.05, 4.69) is 25.8 Å². The number of ether oxygens (including phenoxy) is 2. The van der Waals surface area contributed by atoms with Gasteiger partial charge in [-0.05, 0) is 42.8 Å². The van der Waals surface area contributed by atoms with Crippen molar-refractivity contribution in [2.45, 2.75) is 6.42 Å². The Balaban J connectivity index is 1.35. The Hall–Kier alpha value is -3.91. The number of aromatic nitrogens is 3. The highest BCUT2D eigenvalue weighted by Crippen LogP contribution is 2.24. The average Bonchev–Trinajstić information content (AvgIpc) is 3.24. The fourth-order valence-electron chi connectivity index (χ4n) is 4.33. The van der Waals surface area contributed by atoms with Crippen LogP contribution in [0.5, 0.6) is 5.75 Å². The van der Waals surface area contributed by atoms with Gasteiger partial charge in [-0.15, -0.1) is 0 Å². The van der Waals surface area contributed by atoms with Gasteiger partial charge < -0.3 is 24.1 Å². The molecule has 5 rings (SSSR count).